The Hall–Kier alpha value is -2.80. The Balaban J connectivity index is 1.64. The topological polar surface area (TPSA) is 69.0 Å². The minimum Gasteiger partial charge on any atom is -0.486 e. The highest BCUT2D eigenvalue weighted by Crippen LogP contribution is 2.21. The molecule has 158 valence electrons. The minimum atomic E-state index is -0.0604. The summed E-state index contributed by atoms with van der Waals surface area (Å²) in [5, 5.41) is 12.3. The molecule has 3 aromatic rings. The number of thioether (sulfide) groups is 1. The first-order chi connectivity index (χ1) is 14.5. The Kier molecular flexibility index (Phi) is 7.90. The van der Waals surface area contributed by atoms with E-state index in [0.717, 1.165) is 40.9 Å². The summed E-state index contributed by atoms with van der Waals surface area (Å²) in [7, 11) is 0. The molecule has 0 aliphatic rings. The minimum absolute atomic E-state index is 0.0604. The number of ether oxygens (including phenoxy) is 1. The fourth-order valence-electron chi connectivity index (χ4n) is 2.84. The maximum Gasteiger partial charge on any atom is 0.234 e. The van der Waals surface area contributed by atoms with Gasteiger partial charge in [0.1, 0.15) is 12.4 Å². The first-order valence-electron chi connectivity index (χ1n) is 10.1. The molecule has 0 spiro atoms. The normalized spacial score (nSPS) is 10.9. The summed E-state index contributed by atoms with van der Waals surface area (Å²) in [5.74, 6) is 2.32. The van der Waals surface area contributed by atoms with Crippen LogP contribution in [-0.2, 0) is 17.9 Å². The van der Waals surface area contributed by atoms with Gasteiger partial charge >= 0.3 is 0 Å². The van der Waals surface area contributed by atoms with Crippen LogP contribution in [0.25, 0.3) is 0 Å². The maximum absolute atomic E-state index is 12.4. The van der Waals surface area contributed by atoms with E-state index in [1.807, 2.05) is 61.5 Å². The van der Waals surface area contributed by atoms with E-state index < -0.39 is 0 Å². The number of carbonyl (C=O) groups is 1. The predicted molar refractivity (Wildman–Crippen MR) is 121 cm³/mol. The van der Waals surface area contributed by atoms with Gasteiger partial charge in [0.15, 0.2) is 11.0 Å². The second kappa shape index (κ2) is 10.8. The molecule has 1 amide bonds. The Morgan fingerprint density at radius 2 is 1.83 bits per heavy atom. The van der Waals surface area contributed by atoms with Crippen molar-refractivity contribution in [3.63, 3.8) is 0 Å². The second-order valence-electron chi connectivity index (χ2n) is 7.49. The molecule has 0 unspecified atom stereocenters. The van der Waals surface area contributed by atoms with E-state index >= 15 is 0 Å². The van der Waals surface area contributed by atoms with E-state index in [4.69, 9.17) is 4.74 Å². The van der Waals surface area contributed by atoms with Gasteiger partial charge in [0.25, 0.3) is 0 Å². The zero-order chi connectivity index (χ0) is 21.3. The molecular weight excluding hydrogens is 396 g/mol. The molecule has 0 atom stereocenters. The number of nitrogens with zero attached hydrogens (tertiary/aromatic N) is 3. The lowest BCUT2D eigenvalue weighted by Gasteiger charge is -2.12. The molecule has 1 heterocycles. The van der Waals surface area contributed by atoms with E-state index in [0.29, 0.717) is 12.5 Å². The Morgan fingerprint density at radius 3 is 2.57 bits per heavy atom. The number of carbonyl (C=O) groups excluding carboxylic acids is 1. The van der Waals surface area contributed by atoms with Crippen LogP contribution in [0.5, 0.6) is 5.75 Å². The molecule has 30 heavy (non-hydrogen) atoms. The van der Waals surface area contributed by atoms with E-state index in [1.54, 1.807) is 0 Å². The molecule has 0 radical (unpaired) electrons. The van der Waals surface area contributed by atoms with Gasteiger partial charge in [0.2, 0.25) is 5.91 Å². The fourth-order valence-corrected chi connectivity index (χ4v) is 3.62. The molecule has 3 rings (SSSR count). The average molecular weight is 425 g/mol. The van der Waals surface area contributed by atoms with E-state index in [-0.39, 0.29) is 11.7 Å². The lowest BCUT2D eigenvalue weighted by atomic mass is 10.1. The molecule has 7 heteroatoms. The van der Waals surface area contributed by atoms with Crippen LogP contribution in [-0.4, -0.2) is 26.4 Å². The molecule has 2 aromatic carbocycles. The summed E-state index contributed by atoms with van der Waals surface area (Å²) < 4.78 is 7.92. The van der Waals surface area contributed by atoms with Crippen LogP contribution in [0.15, 0.2) is 59.8 Å². The summed E-state index contributed by atoms with van der Waals surface area (Å²) in [6, 6.07) is 17.4. The number of hydrogen-bond acceptors (Lipinski definition) is 5. The molecule has 1 N–H and O–H groups in total. The van der Waals surface area contributed by atoms with Crippen molar-refractivity contribution >= 4 is 23.4 Å². The quantitative estimate of drug-likeness (QED) is 0.467. The smallest absolute Gasteiger partial charge is 0.234 e. The first-order valence-corrected chi connectivity index (χ1v) is 11.1. The highest BCUT2D eigenvalue weighted by atomic mass is 32.2. The van der Waals surface area contributed by atoms with Crippen molar-refractivity contribution in [1.82, 2.24) is 14.8 Å². The molecule has 0 saturated heterocycles. The third kappa shape index (κ3) is 6.35. The molecule has 0 aliphatic heterocycles. The summed E-state index contributed by atoms with van der Waals surface area (Å²) in [4.78, 5) is 12.4. The fraction of sp³-hybridized carbons (Fsp3) is 0.348. The van der Waals surface area contributed by atoms with Gasteiger partial charge < -0.3 is 14.6 Å². The van der Waals surface area contributed by atoms with Crippen LogP contribution < -0.4 is 10.1 Å². The number of aryl methyl sites for hydroxylation is 1. The number of amides is 1. The van der Waals surface area contributed by atoms with Gasteiger partial charge in [-0.1, -0.05) is 62.0 Å². The van der Waals surface area contributed by atoms with Gasteiger partial charge in [0, 0.05) is 12.2 Å². The summed E-state index contributed by atoms with van der Waals surface area (Å²) >= 11 is 1.40. The van der Waals surface area contributed by atoms with E-state index in [2.05, 4.69) is 33.9 Å². The first kappa shape index (κ1) is 21.9. The molecule has 0 bridgehead atoms. The Bertz CT molecular complexity index is 957. The zero-order valence-corrected chi connectivity index (χ0v) is 18.5. The van der Waals surface area contributed by atoms with Crippen molar-refractivity contribution < 1.29 is 9.53 Å². The number of benzene rings is 2. The van der Waals surface area contributed by atoms with Gasteiger partial charge in [-0.15, -0.1) is 10.2 Å². The Labute approximate surface area is 182 Å². The van der Waals surface area contributed by atoms with Crippen molar-refractivity contribution in [3.05, 3.63) is 66.0 Å². The number of hydrogen-bond donors (Lipinski definition) is 1. The van der Waals surface area contributed by atoms with Gasteiger partial charge in [-0.2, -0.15) is 0 Å². The second-order valence-corrected chi connectivity index (χ2v) is 8.43. The van der Waals surface area contributed by atoms with Crippen LogP contribution in [0, 0.1) is 12.8 Å². The lowest BCUT2D eigenvalue weighted by Crippen LogP contribution is -2.16. The van der Waals surface area contributed by atoms with Crippen molar-refractivity contribution in [2.24, 2.45) is 5.92 Å². The van der Waals surface area contributed by atoms with Gasteiger partial charge in [-0.3, -0.25) is 4.79 Å². The highest BCUT2D eigenvalue weighted by Gasteiger charge is 2.15. The lowest BCUT2D eigenvalue weighted by molar-refractivity contribution is -0.113. The maximum atomic E-state index is 12.4. The van der Waals surface area contributed by atoms with Gasteiger partial charge in [0.05, 0.1) is 5.75 Å². The number of nitrogens with one attached hydrogen (secondary N) is 1. The molecule has 1 aromatic heterocycles. The van der Waals surface area contributed by atoms with Gasteiger partial charge in [-0.05, 0) is 43.0 Å². The molecular formula is C23H28N4O2S. The monoisotopic (exact) mass is 424 g/mol. The van der Waals surface area contributed by atoms with E-state index in [1.165, 1.54) is 11.8 Å². The third-order valence-electron chi connectivity index (χ3n) is 4.59. The summed E-state index contributed by atoms with van der Waals surface area (Å²) in [6.07, 6.45) is 0.999. The zero-order valence-electron chi connectivity index (χ0n) is 17.7. The van der Waals surface area contributed by atoms with Crippen LogP contribution in [0.3, 0.4) is 0 Å². The molecule has 0 saturated carbocycles. The van der Waals surface area contributed by atoms with Crippen LogP contribution >= 0.6 is 11.8 Å². The average Bonchev–Trinajstić information content (AvgIpc) is 3.13. The van der Waals surface area contributed by atoms with Gasteiger partial charge in [-0.25, -0.2) is 0 Å². The third-order valence-corrected chi connectivity index (χ3v) is 5.55. The number of aromatic nitrogens is 3. The molecule has 0 aliphatic carbocycles. The Morgan fingerprint density at radius 1 is 1.10 bits per heavy atom. The highest BCUT2D eigenvalue weighted by molar-refractivity contribution is 7.99. The van der Waals surface area contributed by atoms with E-state index in [9.17, 15) is 4.79 Å². The number of para-hydroxylation sites is 2. The van der Waals surface area contributed by atoms with Crippen LogP contribution in [0.2, 0.25) is 0 Å². The SMILES string of the molecule is Cc1ccccc1NC(=O)CSc1nnc(COc2ccccc2)n1CCC(C)C. The van der Waals surface area contributed by atoms with Crippen molar-refractivity contribution in [3.8, 4) is 5.75 Å². The van der Waals surface area contributed by atoms with Crippen molar-refractivity contribution in [2.45, 2.75) is 45.5 Å². The van der Waals surface area contributed by atoms with Crippen molar-refractivity contribution in [2.75, 3.05) is 11.1 Å². The van der Waals surface area contributed by atoms with Crippen molar-refractivity contribution in [1.29, 1.82) is 0 Å². The largest absolute Gasteiger partial charge is 0.486 e. The summed E-state index contributed by atoms with van der Waals surface area (Å²) in [5.41, 5.74) is 1.87. The predicted octanol–water partition coefficient (Wildman–Crippen LogP) is 4.94. The summed E-state index contributed by atoms with van der Waals surface area (Å²) in [6.45, 7) is 7.48. The molecule has 0 fully saturated rings. The van der Waals surface area contributed by atoms with Crippen LogP contribution in [0.1, 0.15) is 31.7 Å². The standard InChI is InChI=1S/C23H28N4O2S/c1-17(2)13-14-27-21(15-29-19-10-5-4-6-11-19)25-26-23(27)30-16-22(28)24-20-12-8-7-9-18(20)3/h4-12,17H,13-16H2,1-3H3,(H,24,28). The number of anilines is 1. The molecule has 6 nitrogen and oxygen atoms in total. The van der Waals surface area contributed by atoms with Crippen LogP contribution in [0.4, 0.5) is 5.69 Å². The number of rotatable bonds is 10.